The van der Waals surface area contributed by atoms with Gasteiger partial charge in [0.15, 0.2) is 0 Å². The highest BCUT2D eigenvalue weighted by Crippen LogP contribution is 2.22. The van der Waals surface area contributed by atoms with Crippen LogP contribution in [0.5, 0.6) is 5.75 Å². The summed E-state index contributed by atoms with van der Waals surface area (Å²) in [5.74, 6) is 0.0464. The first-order valence-electron chi connectivity index (χ1n) is 9.22. The van der Waals surface area contributed by atoms with E-state index in [0.717, 1.165) is 6.26 Å². The summed E-state index contributed by atoms with van der Waals surface area (Å²) in [6.45, 7) is 0. The summed E-state index contributed by atoms with van der Waals surface area (Å²) in [4.78, 5) is 12.6. The van der Waals surface area contributed by atoms with E-state index in [1.807, 2.05) is 0 Å². The molecule has 9 nitrogen and oxygen atoms in total. The Balaban J connectivity index is 1.74. The second kappa shape index (κ2) is 9.28. The van der Waals surface area contributed by atoms with Crippen molar-refractivity contribution in [2.24, 2.45) is 0 Å². The van der Waals surface area contributed by atoms with E-state index in [-0.39, 0.29) is 16.1 Å². The highest BCUT2D eigenvalue weighted by molar-refractivity contribution is 7.92. The maximum Gasteiger partial charge on any atom is 0.261 e. The summed E-state index contributed by atoms with van der Waals surface area (Å²) in [6.07, 6.45) is 0.987. The molecule has 0 spiro atoms. The van der Waals surface area contributed by atoms with Crippen LogP contribution >= 0.6 is 0 Å². The third-order valence-electron chi connectivity index (χ3n) is 4.23. The molecule has 1 amide bonds. The van der Waals surface area contributed by atoms with E-state index in [2.05, 4.69) is 14.8 Å². The topological polar surface area (TPSA) is 131 Å². The molecule has 32 heavy (non-hydrogen) atoms. The molecule has 3 rings (SSSR count). The highest BCUT2D eigenvalue weighted by Gasteiger charge is 2.16. The molecule has 0 radical (unpaired) electrons. The van der Waals surface area contributed by atoms with Gasteiger partial charge in [0, 0.05) is 11.4 Å². The van der Waals surface area contributed by atoms with Crippen molar-refractivity contribution in [1.82, 2.24) is 0 Å². The number of benzene rings is 3. The lowest BCUT2D eigenvalue weighted by Crippen LogP contribution is -2.17. The lowest BCUT2D eigenvalue weighted by atomic mass is 10.1. The number of hydrogen-bond donors (Lipinski definition) is 3. The molecule has 3 aromatic rings. The quantitative estimate of drug-likeness (QED) is 0.459. The first-order chi connectivity index (χ1) is 15.1. The molecule has 0 heterocycles. The van der Waals surface area contributed by atoms with E-state index in [0.29, 0.717) is 17.1 Å². The maximum atomic E-state index is 12.6. The molecule has 11 heteroatoms. The van der Waals surface area contributed by atoms with Gasteiger partial charge in [0.05, 0.1) is 29.5 Å². The van der Waals surface area contributed by atoms with E-state index in [9.17, 15) is 21.6 Å². The second-order valence-electron chi connectivity index (χ2n) is 6.73. The van der Waals surface area contributed by atoms with Crippen molar-refractivity contribution in [1.29, 1.82) is 0 Å². The Morgan fingerprint density at radius 2 is 1.38 bits per heavy atom. The fourth-order valence-corrected chi connectivity index (χ4v) is 4.39. The number of carbonyl (C=O) groups excluding carboxylic acids is 1. The maximum absolute atomic E-state index is 12.6. The van der Waals surface area contributed by atoms with Gasteiger partial charge in [-0.25, -0.2) is 16.8 Å². The summed E-state index contributed by atoms with van der Waals surface area (Å²) in [5, 5.41) is 2.62. The first kappa shape index (κ1) is 23.1. The summed E-state index contributed by atoms with van der Waals surface area (Å²) >= 11 is 0. The van der Waals surface area contributed by atoms with Gasteiger partial charge in [-0.05, 0) is 60.7 Å². The van der Waals surface area contributed by atoms with Crippen molar-refractivity contribution < 1.29 is 26.4 Å². The average molecular weight is 476 g/mol. The van der Waals surface area contributed by atoms with E-state index in [1.54, 1.807) is 36.4 Å². The highest BCUT2D eigenvalue weighted by atomic mass is 32.2. The van der Waals surface area contributed by atoms with Gasteiger partial charge in [0.1, 0.15) is 5.75 Å². The normalized spacial score (nSPS) is 11.4. The van der Waals surface area contributed by atoms with Crippen molar-refractivity contribution in [2.45, 2.75) is 4.90 Å². The zero-order valence-corrected chi connectivity index (χ0v) is 18.8. The van der Waals surface area contributed by atoms with E-state index in [4.69, 9.17) is 4.74 Å². The van der Waals surface area contributed by atoms with Gasteiger partial charge in [-0.2, -0.15) is 0 Å². The molecule has 0 atom stereocenters. The van der Waals surface area contributed by atoms with Gasteiger partial charge in [-0.3, -0.25) is 14.2 Å². The minimum Gasteiger partial charge on any atom is -0.497 e. The molecule has 0 unspecified atom stereocenters. The van der Waals surface area contributed by atoms with Crippen molar-refractivity contribution in [2.75, 3.05) is 28.1 Å². The second-order valence-corrected chi connectivity index (χ2v) is 10.2. The Morgan fingerprint density at radius 3 is 1.97 bits per heavy atom. The van der Waals surface area contributed by atoms with Crippen LogP contribution in [0.3, 0.4) is 0 Å². The lowest BCUT2D eigenvalue weighted by Gasteiger charge is -2.12. The summed E-state index contributed by atoms with van der Waals surface area (Å²) in [5.41, 5.74) is 0.969. The standard InChI is InChI=1S/C21H21N3O6S2/c1-30-17-11-7-16(8-12-17)23-32(28,29)18-13-9-15(10-14-18)22-21(25)19-5-3-4-6-20(19)24-31(2,26)27/h3-14,23-24H,1-2H3,(H,22,25). The molecule has 3 N–H and O–H groups in total. The van der Waals surface area contributed by atoms with Crippen LogP contribution < -0.4 is 19.5 Å². The zero-order chi connectivity index (χ0) is 23.4. The smallest absolute Gasteiger partial charge is 0.261 e. The fraction of sp³-hybridized carbons (Fsp3) is 0.0952. The van der Waals surface area contributed by atoms with Gasteiger partial charge in [0.25, 0.3) is 15.9 Å². The largest absolute Gasteiger partial charge is 0.497 e. The van der Waals surface area contributed by atoms with Crippen LogP contribution in [-0.4, -0.2) is 36.1 Å². The Morgan fingerprint density at radius 1 is 0.781 bits per heavy atom. The fourth-order valence-electron chi connectivity index (χ4n) is 2.76. The van der Waals surface area contributed by atoms with Crippen LogP contribution in [0.4, 0.5) is 17.1 Å². The number of anilines is 3. The van der Waals surface area contributed by atoms with Crippen LogP contribution in [0.2, 0.25) is 0 Å². The summed E-state index contributed by atoms with van der Waals surface area (Å²) in [7, 11) is -5.89. The van der Waals surface area contributed by atoms with Crippen LogP contribution in [0.15, 0.2) is 77.7 Å². The molecule has 168 valence electrons. The number of para-hydroxylation sites is 1. The third-order valence-corrected chi connectivity index (χ3v) is 6.22. The van der Waals surface area contributed by atoms with Crippen LogP contribution in [-0.2, 0) is 20.0 Å². The first-order valence-corrected chi connectivity index (χ1v) is 12.6. The number of ether oxygens (including phenoxy) is 1. The minimum absolute atomic E-state index is 0.00506. The lowest BCUT2D eigenvalue weighted by molar-refractivity contribution is 0.102. The van der Waals surface area contributed by atoms with E-state index >= 15 is 0 Å². The minimum atomic E-state index is -3.84. The number of sulfonamides is 2. The number of nitrogens with one attached hydrogen (secondary N) is 3. The number of amides is 1. The molecule has 0 saturated heterocycles. The van der Waals surface area contributed by atoms with Gasteiger partial charge in [0.2, 0.25) is 10.0 Å². The number of hydrogen-bond acceptors (Lipinski definition) is 6. The molecule has 3 aromatic carbocycles. The van der Waals surface area contributed by atoms with Crippen molar-refractivity contribution >= 4 is 43.0 Å². The van der Waals surface area contributed by atoms with Crippen molar-refractivity contribution in [3.05, 3.63) is 78.4 Å². The van der Waals surface area contributed by atoms with Gasteiger partial charge >= 0.3 is 0 Å². The van der Waals surface area contributed by atoms with E-state index in [1.165, 1.54) is 43.5 Å². The molecule has 0 bridgehead atoms. The Bertz CT molecular complexity index is 1320. The summed E-state index contributed by atoms with van der Waals surface area (Å²) in [6, 6.07) is 18.1. The number of methoxy groups -OCH3 is 1. The molecule has 0 aromatic heterocycles. The predicted molar refractivity (Wildman–Crippen MR) is 123 cm³/mol. The van der Waals surface area contributed by atoms with Gasteiger partial charge in [-0.1, -0.05) is 12.1 Å². The molecule has 0 saturated carbocycles. The Hall–Kier alpha value is -3.57. The van der Waals surface area contributed by atoms with Crippen LogP contribution in [0.1, 0.15) is 10.4 Å². The Labute approximate surface area is 186 Å². The van der Waals surface area contributed by atoms with Gasteiger partial charge in [-0.15, -0.1) is 0 Å². The Kier molecular flexibility index (Phi) is 6.70. The molecule has 0 fully saturated rings. The number of rotatable bonds is 8. The molecular formula is C21H21N3O6S2. The monoisotopic (exact) mass is 475 g/mol. The van der Waals surface area contributed by atoms with Crippen LogP contribution in [0, 0.1) is 0 Å². The summed E-state index contributed by atoms with van der Waals surface area (Å²) < 4.78 is 58.0. The van der Waals surface area contributed by atoms with E-state index < -0.39 is 26.0 Å². The zero-order valence-electron chi connectivity index (χ0n) is 17.2. The molecule has 0 aliphatic heterocycles. The molecular weight excluding hydrogens is 454 g/mol. The SMILES string of the molecule is COc1ccc(NS(=O)(=O)c2ccc(NC(=O)c3ccccc3NS(C)(=O)=O)cc2)cc1. The van der Waals surface area contributed by atoms with Crippen molar-refractivity contribution in [3.63, 3.8) is 0 Å². The third kappa shape index (κ3) is 5.99. The van der Waals surface area contributed by atoms with Crippen LogP contribution in [0.25, 0.3) is 0 Å². The average Bonchev–Trinajstić information content (AvgIpc) is 2.73. The van der Waals surface area contributed by atoms with Gasteiger partial charge < -0.3 is 10.1 Å². The predicted octanol–water partition coefficient (Wildman–Crippen LogP) is 3.12. The number of carbonyl (C=O) groups is 1. The molecule has 0 aliphatic rings. The molecule has 0 aliphatic carbocycles. The van der Waals surface area contributed by atoms with Crippen molar-refractivity contribution in [3.8, 4) is 5.75 Å².